The van der Waals surface area contributed by atoms with Gasteiger partial charge in [-0.15, -0.1) is 0 Å². The third kappa shape index (κ3) is 2.83. The Balaban J connectivity index is 1.32. The predicted octanol–water partition coefficient (Wildman–Crippen LogP) is 3.93. The highest BCUT2D eigenvalue weighted by atomic mass is 16.5. The standard InChI is InChI=1S/C24H25NO4/c1-14(15-7-3-5-9-19(15)28-2)25-23(27)21-17-11-12-24(22(17)21)13-18(26)16-8-4-6-10-20(16)29-24/h3-10,14,17,21-22H,11-13H2,1-2H3,(H,25,27). The minimum atomic E-state index is -0.522. The smallest absolute Gasteiger partial charge is 0.224 e. The van der Waals surface area contributed by atoms with Gasteiger partial charge in [-0.05, 0) is 43.9 Å². The summed E-state index contributed by atoms with van der Waals surface area (Å²) in [6, 6.07) is 15.0. The quantitative estimate of drug-likeness (QED) is 0.858. The molecule has 1 aliphatic heterocycles. The highest BCUT2D eigenvalue weighted by Gasteiger charge is 2.70. The molecule has 2 aromatic carbocycles. The van der Waals surface area contributed by atoms with Crippen LogP contribution in [0.1, 0.15) is 48.1 Å². The van der Waals surface area contributed by atoms with Crippen molar-refractivity contribution in [2.75, 3.05) is 7.11 Å². The van der Waals surface area contributed by atoms with Crippen molar-refractivity contribution in [3.05, 3.63) is 59.7 Å². The largest absolute Gasteiger partial charge is 0.496 e. The molecule has 1 spiro atoms. The van der Waals surface area contributed by atoms with E-state index in [1.165, 1.54) is 0 Å². The molecule has 2 aliphatic carbocycles. The Hall–Kier alpha value is -2.82. The molecular formula is C24H25NO4. The number of ketones is 1. The van der Waals surface area contributed by atoms with Gasteiger partial charge in [-0.1, -0.05) is 30.3 Å². The van der Waals surface area contributed by atoms with Crippen LogP contribution in [0.3, 0.4) is 0 Å². The summed E-state index contributed by atoms with van der Waals surface area (Å²) in [4.78, 5) is 25.8. The molecule has 1 N–H and O–H groups in total. The molecule has 1 amide bonds. The van der Waals surface area contributed by atoms with E-state index in [9.17, 15) is 9.59 Å². The molecule has 2 aromatic rings. The summed E-state index contributed by atoms with van der Waals surface area (Å²) >= 11 is 0. The summed E-state index contributed by atoms with van der Waals surface area (Å²) in [5.74, 6) is 1.94. The SMILES string of the molecule is COc1ccccc1C(C)NC(=O)C1C2CCC3(CC(=O)c4ccccc4O3)C21. The number of amides is 1. The van der Waals surface area contributed by atoms with Crippen LogP contribution in [0.5, 0.6) is 11.5 Å². The fourth-order valence-corrected chi connectivity index (χ4v) is 5.53. The van der Waals surface area contributed by atoms with Crippen molar-refractivity contribution >= 4 is 11.7 Å². The van der Waals surface area contributed by atoms with Gasteiger partial charge < -0.3 is 14.8 Å². The summed E-state index contributed by atoms with van der Waals surface area (Å²) < 4.78 is 11.8. The number of nitrogens with one attached hydrogen (secondary N) is 1. The maximum atomic E-state index is 13.1. The molecule has 2 fully saturated rings. The Morgan fingerprint density at radius 3 is 2.79 bits per heavy atom. The normalized spacial score (nSPS) is 30.1. The van der Waals surface area contributed by atoms with Crippen LogP contribution in [0, 0.1) is 17.8 Å². The molecule has 5 unspecified atom stereocenters. The van der Waals surface area contributed by atoms with Gasteiger partial charge in [-0.3, -0.25) is 9.59 Å². The second-order valence-corrected chi connectivity index (χ2v) is 8.49. The molecular weight excluding hydrogens is 366 g/mol. The lowest BCUT2D eigenvalue weighted by Gasteiger charge is -2.37. The first-order chi connectivity index (χ1) is 14.0. The zero-order chi connectivity index (χ0) is 20.2. The number of carbonyl (C=O) groups excluding carboxylic acids is 2. The number of para-hydroxylation sites is 2. The van der Waals surface area contributed by atoms with Crippen molar-refractivity contribution in [3.8, 4) is 11.5 Å². The molecule has 29 heavy (non-hydrogen) atoms. The Kier molecular flexibility index (Phi) is 4.16. The summed E-state index contributed by atoms with van der Waals surface area (Å²) in [6.07, 6.45) is 2.15. The van der Waals surface area contributed by atoms with Gasteiger partial charge in [0.15, 0.2) is 5.78 Å². The van der Waals surface area contributed by atoms with Gasteiger partial charge in [0.25, 0.3) is 0 Å². The van der Waals surface area contributed by atoms with Crippen LogP contribution in [-0.4, -0.2) is 24.4 Å². The van der Waals surface area contributed by atoms with E-state index in [1.807, 2.05) is 55.5 Å². The third-order valence-corrected chi connectivity index (χ3v) is 6.90. The topological polar surface area (TPSA) is 64.6 Å². The van der Waals surface area contributed by atoms with E-state index < -0.39 is 5.60 Å². The Labute approximate surface area is 170 Å². The first-order valence-corrected chi connectivity index (χ1v) is 10.3. The van der Waals surface area contributed by atoms with Crippen LogP contribution < -0.4 is 14.8 Å². The molecule has 3 aliphatic rings. The van der Waals surface area contributed by atoms with Crippen molar-refractivity contribution in [2.24, 2.45) is 17.8 Å². The average molecular weight is 391 g/mol. The van der Waals surface area contributed by atoms with Gasteiger partial charge in [-0.25, -0.2) is 0 Å². The lowest BCUT2D eigenvalue weighted by Crippen LogP contribution is -2.44. The van der Waals surface area contributed by atoms with Crippen molar-refractivity contribution in [2.45, 2.75) is 37.8 Å². The predicted molar refractivity (Wildman–Crippen MR) is 108 cm³/mol. The molecule has 2 saturated carbocycles. The summed E-state index contributed by atoms with van der Waals surface area (Å²) in [5, 5.41) is 3.15. The van der Waals surface area contributed by atoms with Crippen LogP contribution in [0.15, 0.2) is 48.5 Å². The molecule has 0 bridgehead atoms. The van der Waals surface area contributed by atoms with Gasteiger partial charge in [0.2, 0.25) is 5.91 Å². The molecule has 1 heterocycles. The molecule has 0 radical (unpaired) electrons. The zero-order valence-electron chi connectivity index (χ0n) is 16.7. The van der Waals surface area contributed by atoms with E-state index in [4.69, 9.17) is 9.47 Å². The summed E-state index contributed by atoms with van der Waals surface area (Å²) in [6.45, 7) is 1.97. The second-order valence-electron chi connectivity index (χ2n) is 8.49. The minimum Gasteiger partial charge on any atom is -0.496 e. The van der Waals surface area contributed by atoms with Gasteiger partial charge in [0.05, 0.1) is 25.1 Å². The first kappa shape index (κ1) is 18.2. The van der Waals surface area contributed by atoms with E-state index in [0.717, 1.165) is 24.2 Å². The monoisotopic (exact) mass is 391 g/mol. The molecule has 5 heteroatoms. The lowest BCUT2D eigenvalue weighted by atomic mass is 9.84. The van der Waals surface area contributed by atoms with Crippen molar-refractivity contribution < 1.29 is 19.1 Å². The Morgan fingerprint density at radius 1 is 1.21 bits per heavy atom. The fourth-order valence-electron chi connectivity index (χ4n) is 5.53. The average Bonchev–Trinajstić information content (AvgIpc) is 3.39. The van der Waals surface area contributed by atoms with Gasteiger partial charge in [0.1, 0.15) is 17.1 Å². The number of hydrogen-bond donors (Lipinski definition) is 1. The van der Waals surface area contributed by atoms with E-state index >= 15 is 0 Å². The van der Waals surface area contributed by atoms with E-state index in [1.54, 1.807) is 7.11 Å². The first-order valence-electron chi connectivity index (χ1n) is 10.3. The number of benzene rings is 2. The molecule has 0 saturated heterocycles. The van der Waals surface area contributed by atoms with Crippen LogP contribution in [0.25, 0.3) is 0 Å². The maximum absolute atomic E-state index is 13.1. The fraction of sp³-hybridized carbons (Fsp3) is 0.417. The second kappa shape index (κ2) is 6.61. The summed E-state index contributed by atoms with van der Waals surface area (Å²) in [7, 11) is 1.64. The van der Waals surface area contributed by atoms with Crippen molar-refractivity contribution in [3.63, 3.8) is 0 Å². The van der Waals surface area contributed by atoms with Crippen LogP contribution >= 0.6 is 0 Å². The highest BCUT2D eigenvalue weighted by Crippen LogP contribution is 2.65. The number of rotatable bonds is 4. The highest BCUT2D eigenvalue weighted by molar-refractivity contribution is 6.00. The van der Waals surface area contributed by atoms with E-state index in [2.05, 4.69) is 5.32 Å². The number of Topliss-reactive ketones (excluding diaryl/α,β-unsaturated/α-hetero) is 1. The van der Waals surface area contributed by atoms with Crippen LogP contribution in [0.2, 0.25) is 0 Å². The zero-order valence-corrected chi connectivity index (χ0v) is 16.7. The van der Waals surface area contributed by atoms with Crippen LogP contribution in [-0.2, 0) is 4.79 Å². The number of ether oxygens (including phenoxy) is 2. The number of carbonyl (C=O) groups is 2. The summed E-state index contributed by atoms with van der Waals surface area (Å²) in [5.41, 5.74) is 1.10. The Bertz CT molecular complexity index is 986. The molecule has 5 rings (SSSR count). The minimum absolute atomic E-state index is 0.0485. The van der Waals surface area contributed by atoms with Crippen molar-refractivity contribution in [1.82, 2.24) is 5.32 Å². The molecule has 5 nitrogen and oxygen atoms in total. The number of fused-ring (bicyclic) bond motifs is 3. The van der Waals surface area contributed by atoms with Crippen molar-refractivity contribution in [1.29, 1.82) is 0 Å². The van der Waals surface area contributed by atoms with E-state index in [-0.39, 0.29) is 29.6 Å². The maximum Gasteiger partial charge on any atom is 0.224 e. The van der Waals surface area contributed by atoms with E-state index in [0.29, 0.717) is 23.7 Å². The molecule has 5 atom stereocenters. The van der Waals surface area contributed by atoms with Gasteiger partial charge in [-0.2, -0.15) is 0 Å². The molecule has 0 aromatic heterocycles. The van der Waals surface area contributed by atoms with Gasteiger partial charge in [0, 0.05) is 17.4 Å². The van der Waals surface area contributed by atoms with Gasteiger partial charge >= 0.3 is 0 Å². The van der Waals surface area contributed by atoms with Crippen LogP contribution in [0.4, 0.5) is 0 Å². The molecule has 150 valence electrons. The Morgan fingerprint density at radius 2 is 1.97 bits per heavy atom. The third-order valence-electron chi connectivity index (χ3n) is 6.90. The number of methoxy groups -OCH3 is 1. The lowest BCUT2D eigenvalue weighted by molar-refractivity contribution is -0.124. The number of hydrogen-bond acceptors (Lipinski definition) is 4.